The fourth-order valence-corrected chi connectivity index (χ4v) is 2.84. The predicted molar refractivity (Wildman–Crippen MR) is 92.3 cm³/mol. The topological polar surface area (TPSA) is 78.5 Å². The van der Waals surface area contributed by atoms with Gasteiger partial charge in [0.2, 0.25) is 5.91 Å². The molecule has 134 valence electrons. The summed E-state index contributed by atoms with van der Waals surface area (Å²) >= 11 is 0. The summed E-state index contributed by atoms with van der Waals surface area (Å²) in [5.74, 6) is -1.48. The first-order chi connectivity index (χ1) is 12.4. The average molecular weight is 355 g/mol. The van der Waals surface area contributed by atoms with E-state index in [1.807, 2.05) is 6.07 Å². The van der Waals surface area contributed by atoms with Crippen LogP contribution in [0.25, 0.3) is 0 Å². The van der Waals surface area contributed by atoms with Gasteiger partial charge in [0.1, 0.15) is 17.9 Å². The molecule has 0 spiro atoms. The molecule has 1 aliphatic rings. The summed E-state index contributed by atoms with van der Waals surface area (Å²) in [6.45, 7) is 1.15. The molecule has 0 aliphatic carbocycles. The monoisotopic (exact) mass is 355 g/mol. The number of imide groups is 1. The SMILES string of the molecule is CC1(c2ccccc2)NC(=O)N(CC(=O)NCc2ccccc2F)C1=O. The van der Waals surface area contributed by atoms with E-state index < -0.39 is 35.7 Å². The summed E-state index contributed by atoms with van der Waals surface area (Å²) in [6.07, 6.45) is 0. The highest BCUT2D eigenvalue weighted by atomic mass is 19.1. The fraction of sp³-hybridized carbons (Fsp3) is 0.211. The Hall–Kier alpha value is -3.22. The van der Waals surface area contributed by atoms with Crippen molar-refractivity contribution in [3.8, 4) is 0 Å². The molecule has 3 rings (SSSR count). The lowest BCUT2D eigenvalue weighted by Crippen LogP contribution is -2.43. The van der Waals surface area contributed by atoms with Gasteiger partial charge < -0.3 is 10.6 Å². The van der Waals surface area contributed by atoms with Crippen molar-refractivity contribution in [2.45, 2.75) is 19.0 Å². The summed E-state index contributed by atoms with van der Waals surface area (Å²) in [5, 5.41) is 5.15. The maximum atomic E-state index is 13.6. The van der Waals surface area contributed by atoms with E-state index in [2.05, 4.69) is 10.6 Å². The Labute approximate surface area is 150 Å². The Kier molecular flexibility index (Phi) is 4.71. The van der Waals surface area contributed by atoms with Crippen LogP contribution in [0.5, 0.6) is 0 Å². The van der Waals surface area contributed by atoms with Crippen LogP contribution in [0.15, 0.2) is 54.6 Å². The summed E-state index contributed by atoms with van der Waals surface area (Å²) in [6, 6.07) is 14.2. The first-order valence-electron chi connectivity index (χ1n) is 8.11. The first kappa shape index (κ1) is 17.6. The summed E-state index contributed by atoms with van der Waals surface area (Å²) in [5.41, 5.74) is -0.260. The minimum atomic E-state index is -1.22. The lowest BCUT2D eigenvalue weighted by atomic mass is 9.92. The van der Waals surface area contributed by atoms with Gasteiger partial charge in [-0.15, -0.1) is 0 Å². The van der Waals surface area contributed by atoms with Crippen LogP contribution < -0.4 is 10.6 Å². The quantitative estimate of drug-likeness (QED) is 0.804. The van der Waals surface area contributed by atoms with Crippen molar-refractivity contribution >= 4 is 17.8 Å². The molecule has 1 heterocycles. The molecule has 2 aromatic rings. The van der Waals surface area contributed by atoms with E-state index in [1.54, 1.807) is 49.4 Å². The smallest absolute Gasteiger partial charge is 0.325 e. The van der Waals surface area contributed by atoms with Gasteiger partial charge in [0.15, 0.2) is 0 Å². The maximum absolute atomic E-state index is 13.6. The molecule has 1 atom stereocenters. The number of nitrogens with zero attached hydrogens (tertiary/aromatic N) is 1. The Bertz CT molecular complexity index is 856. The molecule has 7 heteroatoms. The van der Waals surface area contributed by atoms with Gasteiger partial charge in [-0.1, -0.05) is 48.5 Å². The van der Waals surface area contributed by atoms with Crippen molar-refractivity contribution in [3.63, 3.8) is 0 Å². The number of nitrogens with one attached hydrogen (secondary N) is 2. The maximum Gasteiger partial charge on any atom is 0.325 e. The zero-order chi connectivity index (χ0) is 18.7. The standard InChI is InChI=1S/C19H18FN3O3/c1-19(14-8-3-2-4-9-14)17(25)23(18(26)22-19)12-16(24)21-11-13-7-5-6-10-15(13)20/h2-10H,11-12H2,1H3,(H,21,24)(H,22,26). The third-order valence-electron chi connectivity index (χ3n) is 4.36. The molecule has 2 N–H and O–H groups in total. The molecule has 0 saturated carbocycles. The molecule has 1 aliphatic heterocycles. The molecule has 1 fully saturated rings. The molecule has 0 bridgehead atoms. The molecular formula is C19H18FN3O3. The highest BCUT2D eigenvalue weighted by Gasteiger charge is 2.49. The minimum Gasteiger partial charge on any atom is -0.350 e. The van der Waals surface area contributed by atoms with Gasteiger partial charge in [-0.05, 0) is 18.6 Å². The molecule has 1 unspecified atom stereocenters. The molecule has 2 aromatic carbocycles. The van der Waals surface area contributed by atoms with Crippen molar-refractivity contribution in [1.29, 1.82) is 0 Å². The normalized spacial score (nSPS) is 19.4. The van der Waals surface area contributed by atoms with E-state index in [1.165, 1.54) is 6.07 Å². The van der Waals surface area contributed by atoms with Gasteiger partial charge in [0.05, 0.1) is 0 Å². The molecule has 0 radical (unpaired) electrons. The van der Waals surface area contributed by atoms with Crippen LogP contribution >= 0.6 is 0 Å². The van der Waals surface area contributed by atoms with Gasteiger partial charge in [-0.25, -0.2) is 9.18 Å². The minimum absolute atomic E-state index is 0.0227. The van der Waals surface area contributed by atoms with Crippen LogP contribution in [-0.2, 0) is 21.7 Å². The Morgan fingerprint density at radius 2 is 1.77 bits per heavy atom. The van der Waals surface area contributed by atoms with Gasteiger partial charge >= 0.3 is 6.03 Å². The zero-order valence-corrected chi connectivity index (χ0v) is 14.2. The number of hydrogen-bond donors (Lipinski definition) is 2. The van der Waals surface area contributed by atoms with Crippen molar-refractivity contribution in [3.05, 3.63) is 71.5 Å². The van der Waals surface area contributed by atoms with Gasteiger partial charge in [0.25, 0.3) is 5.91 Å². The molecule has 0 aromatic heterocycles. The molecule has 1 saturated heterocycles. The molecular weight excluding hydrogens is 337 g/mol. The fourth-order valence-electron chi connectivity index (χ4n) is 2.84. The highest BCUT2D eigenvalue weighted by molar-refractivity contribution is 6.09. The van der Waals surface area contributed by atoms with Gasteiger partial charge in [0, 0.05) is 12.1 Å². The van der Waals surface area contributed by atoms with Crippen LogP contribution in [0, 0.1) is 5.82 Å². The van der Waals surface area contributed by atoms with E-state index >= 15 is 0 Å². The average Bonchev–Trinajstić information content (AvgIpc) is 2.86. The van der Waals surface area contributed by atoms with E-state index in [4.69, 9.17) is 0 Å². The van der Waals surface area contributed by atoms with Gasteiger partial charge in [-0.3, -0.25) is 14.5 Å². The van der Waals surface area contributed by atoms with E-state index in [0.717, 1.165) is 4.90 Å². The lowest BCUT2D eigenvalue weighted by molar-refractivity contribution is -0.134. The second kappa shape index (κ2) is 6.95. The number of carbonyl (C=O) groups is 3. The van der Waals surface area contributed by atoms with Crippen molar-refractivity contribution in [1.82, 2.24) is 15.5 Å². The zero-order valence-electron chi connectivity index (χ0n) is 14.2. The van der Waals surface area contributed by atoms with Crippen molar-refractivity contribution in [2.24, 2.45) is 0 Å². The van der Waals surface area contributed by atoms with Crippen LogP contribution in [0.3, 0.4) is 0 Å². The summed E-state index contributed by atoms with van der Waals surface area (Å²) in [7, 11) is 0. The largest absolute Gasteiger partial charge is 0.350 e. The number of hydrogen-bond acceptors (Lipinski definition) is 3. The Balaban J connectivity index is 1.66. The summed E-state index contributed by atoms with van der Waals surface area (Å²) < 4.78 is 13.6. The van der Waals surface area contributed by atoms with E-state index in [9.17, 15) is 18.8 Å². The van der Waals surface area contributed by atoms with Crippen LogP contribution in [0.2, 0.25) is 0 Å². The molecule has 26 heavy (non-hydrogen) atoms. The highest BCUT2D eigenvalue weighted by Crippen LogP contribution is 2.28. The molecule has 6 nitrogen and oxygen atoms in total. The van der Waals surface area contributed by atoms with Crippen molar-refractivity contribution in [2.75, 3.05) is 6.54 Å². The van der Waals surface area contributed by atoms with E-state index in [-0.39, 0.29) is 6.54 Å². The number of benzene rings is 2. The van der Waals surface area contributed by atoms with Gasteiger partial charge in [-0.2, -0.15) is 0 Å². The Morgan fingerprint density at radius 3 is 2.46 bits per heavy atom. The first-order valence-corrected chi connectivity index (χ1v) is 8.11. The lowest BCUT2D eigenvalue weighted by Gasteiger charge is -2.22. The third kappa shape index (κ3) is 3.28. The number of urea groups is 1. The predicted octanol–water partition coefficient (Wildman–Crippen LogP) is 1.91. The Morgan fingerprint density at radius 1 is 1.12 bits per heavy atom. The third-order valence-corrected chi connectivity index (χ3v) is 4.36. The second-order valence-electron chi connectivity index (χ2n) is 6.18. The van der Waals surface area contributed by atoms with E-state index in [0.29, 0.717) is 11.1 Å². The second-order valence-corrected chi connectivity index (χ2v) is 6.18. The number of amides is 4. The number of rotatable bonds is 5. The van der Waals surface area contributed by atoms with Crippen molar-refractivity contribution < 1.29 is 18.8 Å². The summed E-state index contributed by atoms with van der Waals surface area (Å²) in [4.78, 5) is 37.9. The number of halogens is 1. The number of carbonyl (C=O) groups excluding carboxylic acids is 3. The van der Waals surface area contributed by atoms with Crippen LogP contribution in [0.1, 0.15) is 18.1 Å². The van der Waals surface area contributed by atoms with Crippen LogP contribution in [0.4, 0.5) is 9.18 Å². The van der Waals surface area contributed by atoms with Crippen LogP contribution in [-0.4, -0.2) is 29.3 Å². The molecule has 4 amide bonds.